The van der Waals surface area contributed by atoms with Crippen molar-refractivity contribution in [3.8, 4) is 0 Å². The van der Waals surface area contributed by atoms with E-state index in [1.165, 1.54) is 5.56 Å². The van der Waals surface area contributed by atoms with Gasteiger partial charge in [0.25, 0.3) is 0 Å². The minimum Gasteiger partial charge on any atom is -0.308 e. The quantitative estimate of drug-likeness (QED) is 0.252. The Kier molecular flexibility index (Phi) is 5.90. The molecule has 0 N–H and O–H groups in total. The van der Waals surface area contributed by atoms with E-state index >= 15 is 0 Å². The van der Waals surface area contributed by atoms with Crippen molar-refractivity contribution in [3.05, 3.63) is 113 Å². The summed E-state index contributed by atoms with van der Waals surface area (Å²) in [4.78, 5) is 0. The number of rotatable bonds is 3. The Bertz CT molecular complexity index is 1480. The van der Waals surface area contributed by atoms with Gasteiger partial charge in [0.05, 0.1) is 7.05 Å². The number of benzene rings is 3. The van der Waals surface area contributed by atoms with Gasteiger partial charge in [-0.3, -0.25) is 4.57 Å². The number of fused-ring (bicyclic) bond motifs is 2. The zero-order valence-corrected chi connectivity index (χ0v) is 21.8. The summed E-state index contributed by atoms with van der Waals surface area (Å²) in [5.74, 6) is -0.123. The summed E-state index contributed by atoms with van der Waals surface area (Å²) in [6, 6.07) is 27.7. The van der Waals surface area contributed by atoms with Gasteiger partial charge < -0.3 is 4.58 Å². The molecule has 0 saturated heterocycles. The molecule has 2 heterocycles. The molecule has 157 valence electrons. The van der Waals surface area contributed by atoms with Crippen LogP contribution in [0.15, 0.2) is 72.8 Å². The molecule has 3 heteroatoms. The predicted octanol–water partition coefficient (Wildman–Crippen LogP) is 5.79. The minimum absolute atomic E-state index is 0. The molecule has 0 aliphatic carbocycles. The molecule has 0 fully saturated rings. The monoisotopic (exact) mass is 494 g/mol. The number of aryl methyl sites for hydroxylation is 2. The SMILES string of the molecule is [2H]C([2H])(c1cccc2c1ccc(=[N+]1[C-]=C(c3[c-]cccc3)c3cccc(C)c31)n2C)C(C)C.[Y]. The van der Waals surface area contributed by atoms with Crippen LogP contribution >= 0.6 is 0 Å². The number of para-hydroxylation sites is 1. The summed E-state index contributed by atoms with van der Waals surface area (Å²) < 4.78 is 21.6. The molecular formula is C29H27N2Y-. The first-order chi connectivity index (χ1) is 15.8. The molecule has 0 atom stereocenters. The zero-order valence-electron chi connectivity index (χ0n) is 21.0. The first-order valence-corrected chi connectivity index (χ1v) is 10.7. The third kappa shape index (κ3) is 3.96. The molecule has 1 aliphatic rings. The van der Waals surface area contributed by atoms with Crippen molar-refractivity contribution in [2.75, 3.05) is 0 Å². The van der Waals surface area contributed by atoms with Gasteiger partial charge in [-0.15, -0.1) is 17.7 Å². The van der Waals surface area contributed by atoms with E-state index in [9.17, 15) is 0 Å². The average Bonchev–Trinajstić information content (AvgIpc) is 3.20. The van der Waals surface area contributed by atoms with E-state index in [0.29, 0.717) is 0 Å². The fourth-order valence-corrected chi connectivity index (χ4v) is 4.39. The topological polar surface area (TPSA) is 7.94 Å². The maximum Gasteiger partial charge on any atom is 0.222 e. The first kappa shape index (κ1) is 20.3. The Labute approximate surface area is 218 Å². The summed E-state index contributed by atoms with van der Waals surface area (Å²) in [5.41, 5.74) is 8.18. The third-order valence-electron chi connectivity index (χ3n) is 5.79. The van der Waals surface area contributed by atoms with Crippen LogP contribution in [-0.4, -0.2) is 4.57 Å². The van der Waals surface area contributed by atoms with Gasteiger partial charge in [0, 0.05) is 52.7 Å². The Morgan fingerprint density at radius 2 is 1.81 bits per heavy atom. The smallest absolute Gasteiger partial charge is 0.222 e. The van der Waals surface area contributed by atoms with Crippen LogP contribution in [0.25, 0.3) is 16.5 Å². The van der Waals surface area contributed by atoms with Gasteiger partial charge in [-0.1, -0.05) is 38.1 Å². The first-order valence-electron chi connectivity index (χ1n) is 11.7. The number of hydrogen-bond acceptors (Lipinski definition) is 0. The molecular weight excluding hydrogens is 465 g/mol. The molecule has 1 aliphatic heterocycles. The summed E-state index contributed by atoms with van der Waals surface area (Å²) >= 11 is 0. The van der Waals surface area contributed by atoms with E-state index in [2.05, 4.69) is 64.7 Å². The van der Waals surface area contributed by atoms with E-state index in [1.54, 1.807) is 0 Å². The Morgan fingerprint density at radius 3 is 2.56 bits per heavy atom. The normalized spacial score (nSPS) is 15.7. The fraction of sp³-hybridized carbons (Fsp3) is 0.207. The second kappa shape index (κ2) is 9.29. The second-order valence-electron chi connectivity index (χ2n) is 8.36. The number of pyridine rings is 1. The van der Waals surface area contributed by atoms with Crippen molar-refractivity contribution in [1.82, 2.24) is 9.14 Å². The summed E-state index contributed by atoms with van der Waals surface area (Å²) in [7, 11) is 2.04. The van der Waals surface area contributed by atoms with E-state index in [-0.39, 0.29) is 38.6 Å². The fourth-order valence-electron chi connectivity index (χ4n) is 4.39. The van der Waals surface area contributed by atoms with E-state index in [4.69, 9.17) is 2.74 Å². The van der Waals surface area contributed by atoms with Gasteiger partial charge in [0.1, 0.15) is 5.52 Å². The molecule has 3 aromatic carbocycles. The van der Waals surface area contributed by atoms with Crippen LogP contribution in [0.4, 0.5) is 5.69 Å². The number of hydrogen-bond donors (Lipinski definition) is 0. The van der Waals surface area contributed by atoms with E-state index < -0.39 is 6.37 Å². The van der Waals surface area contributed by atoms with Crippen LogP contribution in [-0.2, 0) is 46.1 Å². The molecule has 4 aromatic rings. The molecule has 0 saturated carbocycles. The predicted molar refractivity (Wildman–Crippen MR) is 129 cm³/mol. The van der Waals surface area contributed by atoms with Crippen LogP contribution in [0.2, 0.25) is 0 Å². The van der Waals surface area contributed by atoms with Crippen LogP contribution in [0, 0.1) is 25.1 Å². The molecule has 1 radical (unpaired) electrons. The third-order valence-corrected chi connectivity index (χ3v) is 5.79. The van der Waals surface area contributed by atoms with Crippen molar-refractivity contribution >= 4 is 22.2 Å². The molecule has 32 heavy (non-hydrogen) atoms. The van der Waals surface area contributed by atoms with Gasteiger partial charge in [0.15, 0.2) is 0 Å². The standard InChI is InChI=1S/C29H27N2.Y/c1-20(2)18-23-13-9-15-27-24(23)16-17-28(30(27)4)31-19-26(22-11-6-5-7-12-22)25-14-8-10-21(3)29(25)31;/h5-11,13-17,20H,18H2,1-4H3;/q-1;/i18D2;. The Morgan fingerprint density at radius 1 is 1.00 bits per heavy atom. The summed E-state index contributed by atoms with van der Waals surface area (Å²) in [6.45, 7) is 5.99. The zero-order chi connectivity index (χ0) is 23.3. The maximum atomic E-state index is 8.67. The van der Waals surface area contributed by atoms with Crippen molar-refractivity contribution in [1.29, 1.82) is 0 Å². The van der Waals surface area contributed by atoms with Crippen LogP contribution in [0.1, 0.15) is 38.8 Å². The summed E-state index contributed by atoms with van der Waals surface area (Å²) in [5, 5.41) is 0.937. The largest absolute Gasteiger partial charge is 0.308 e. The van der Waals surface area contributed by atoms with Crippen molar-refractivity contribution in [2.45, 2.75) is 27.1 Å². The molecule has 2 nitrogen and oxygen atoms in total. The van der Waals surface area contributed by atoms with Crippen LogP contribution in [0.5, 0.6) is 0 Å². The van der Waals surface area contributed by atoms with Crippen molar-refractivity contribution < 1.29 is 35.5 Å². The second-order valence-corrected chi connectivity index (χ2v) is 8.36. The average molecular weight is 494 g/mol. The van der Waals surface area contributed by atoms with E-state index in [0.717, 1.165) is 44.3 Å². The number of nitrogens with zero attached hydrogens (tertiary/aromatic N) is 2. The Hall–Kier alpha value is -2.29. The van der Waals surface area contributed by atoms with Gasteiger partial charge in [-0.25, -0.2) is 5.56 Å². The van der Waals surface area contributed by atoms with Gasteiger partial charge in [0.2, 0.25) is 5.49 Å². The summed E-state index contributed by atoms with van der Waals surface area (Å²) in [6.07, 6.45) is 2.21. The van der Waals surface area contributed by atoms with Gasteiger partial charge >= 0.3 is 0 Å². The molecule has 0 unspecified atom stereocenters. The van der Waals surface area contributed by atoms with Crippen LogP contribution < -0.4 is 10.1 Å². The van der Waals surface area contributed by atoms with Crippen molar-refractivity contribution in [3.63, 3.8) is 0 Å². The van der Waals surface area contributed by atoms with Crippen LogP contribution in [0.3, 0.4) is 0 Å². The minimum atomic E-state index is -1.41. The maximum absolute atomic E-state index is 8.67. The molecule has 0 bridgehead atoms. The van der Waals surface area contributed by atoms with Gasteiger partial charge in [-0.05, 0) is 48.5 Å². The molecule has 1 aromatic heterocycles. The number of aromatic nitrogens is 1. The molecule has 0 spiro atoms. The van der Waals surface area contributed by atoms with E-state index in [1.807, 2.05) is 57.3 Å². The molecule has 0 amide bonds. The molecule has 5 rings (SSSR count). The van der Waals surface area contributed by atoms with Gasteiger partial charge in [-0.2, -0.15) is 29.8 Å². The Balaban J connectivity index is 0.00000274. The van der Waals surface area contributed by atoms with Crippen molar-refractivity contribution in [2.24, 2.45) is 13.0 Å².